The third kappa shape index (κ3) is 9.61. The normalized spacial score (nSPS) is 11.3. The van der Waals surface area contributed by atoms with Gasteiger partial charge in [-0.2, -0.15) is 0 Å². The second kappa shape index (κ2) is 16.0. The van der Waals surface area contributed by atoms with E-state index in [2.05, 4.69) is 44.2 Å². The number of hydrogen-bond acceptors (Lipinski definition) is 5. The number of fused-ring (bicyclic) bond motifs is 1. The Morgan fingerprint density at radius 1 is 0.686 bits per heavy atom. The third-order valence-corrected chi connectivity index (χ3v) is 8.62. The Labute approximate surface area is 219 Å². The van der Waals surface area contributed by atoms with Crippen molar-refractivity contribution in [1.82, 2.24) is 0 Å². The maximum absolute atomic E-state index is 12.4. The number of carbonyl (C=O) groups is 1. The zero-order valence-electron chi connectivity index (χ0n) is 21.6. The zero-order valence-corrected chi connectivity index (χ0v) is 23.2. The molecule has 0 aliphatic rings. The first kappa shape index (κ1) is 27.7. The van der Waals surface area contributed by atoms with E-state index in [9.17, 15) is 4.79 Å². The molecular weight excluding hydrogens is 472 g/mol. The summed E-state index contributed by atoms with van der Waals surface area (Å²) < 4.78 is 13.7. The van der Waals surface area contributed by atoms with Crippen LogP contribution in [0.15, 0.2) is 36.4 Å². The van der Waals surface area contributed by atoms with Gasteiger partial charge in [0.25, 0.3) is 0 Å². The van der Waals surface area contributed by atoms with Gasteiger partial charge < -0.3 is 9.47 Å². The molecule has 3 aromatic rings. The van der Waals surface area contributed by atoms with Gasteiger partial charge in [0.05, 0.1) is 13.2 Å². The zero-order chi connectivity index (χ0) is 24.7. The number of hydrogen-bond donors (Lipinski definition) is 0. The number of unbranched alkanes of at least 4 members (excludes halogenated alkanes) is 11. The van der Waals surface area contributed by atoms with Crippen LogP contribution in [0.4, 0.5) is 0 Å². The van der Waals surface area contributed by atoms with Crippen molar-refractivity contribution in [2.24, 2.45) is 0 Å². The Bertz CT molecular complexity index is 955. The first-order valence-corrected chi connectivity index (χ1v) is 15.3. The molecule has 2 aromatic heterocycles. The van der Waals surface area contributed by atoms with Crippen molar-refractivity contribution in [2.45, 2.75) is 97.3 Å². The van der Waals surface area contributed by atoms with Gasteiger partial charge >= 0.3 is 5.97 Å². The number of ether oxygens (including phenoxy) is 2. The van der Waals surface area contributed by atoms with Crippen LogP contribution >= 0.6 is 22.7 Å². The molecule has 2 heterocycles. The van der Waals surface area contributed by atoms with E-state index in [-0.39, 0.29) is 5.97 Å². The minimum absolute atomic E-state index is 0.183. The molecule has 0 aliphatic carbocycles. The van der Waals surface area contributed by atoms with E-state index >= 15 is 0 Å². The molecular formula is C30H42O3S2. The Kier molecular flexibility index (Phi) is 12.7. The SMILES string of the molecule is CCCCCCCCCOC(=O)c1cc2sc(-c3ccc(OCCCCCCCC)cc3)cc2s1. The minimum atomic E-state index is -0.183. The highest BCUT2D eigenvalue weighted by Gasteiger charge is 2.14. The molecule has 0 unspecified atom stereocenters. The summed E-state index contributed by atoms with van der Waals surface area (Å²) in [4.78, 5) is 14.4. The Morgan fingerprint density at radius 3 is 1.89 bits per heavy atom. The van der Waals surface area contributed by atoms with Crippen LogP contribution in [0.25, 0.3) is 19.8 Å². The lowest BCUT2D eigenvalue weighted by atomic mass is 10.1. The summed E-state index contributed by atoms with van der Waals surface area (Å²) in [6, 6.07) is 12.6. The first-order chi connectivity index (χ1) is 17.2. The van der Waals surface area contributed by atoms with Crippen LogP contribution in [-0.2, 0) is 4.74 Å². The van der Waals surface area contributed by atoms with E-state index in [0.29, 0.717) is 11.5 Å². The van der Waals surface area contributed by atoms with Crippen molar-refractivity contribution in [2.75, 3.05) is 13.2 Å². The highest BCUT2D eigenvalue weighted by Crippen LogP contribution is 2.39. The second-order valence-corrected chi connectivity index (χ2v) is 11.5. The van der Waals surface area contributed by atoms with E-state index < -0.39 is 0 Å². The molecule has 0 amide bonds. The van der Waals surface area contributed by atoms with Crippen molar-refractivity contribution in [3.8, 4) is 16.2 Å². The highest BCUT2D eigenvalue weighted by atomic mass is 32.1. The minimum Gasteiger partial charge on any atom is -0.494 e. The standard InChI is InChI=1S/C30H42O3S2/c1-3-5-7-9-11-13-15-21-33-30(31)29-23-28-27(35-29)22-26(34-28)24-16-18-25(19-17-24)32-20-14-12-10-8-6-4-2/h16-19,22-23H,3-15,20-21H2,1-2H3. The van der Waals surface area contributed by atoms with Crippen molar-refractivity contribution in [3.63, 3.8) is 0 Å². The van der Waals surface area contributed by atoms with Crippen LogP contribution < -0.4 is 4.74 Å². The molecule has 0 bridgehead atoms. The number of benzene rings is 1. The summed E-state index contributed by atoms with van der Waals surface area (Å²) in [6.45, 7) is 5.80. The second-order valence-electron chi connectivity index (χ2n) is 9.35. The lowest BCUT2D eigenvalue weighted by Gasteiger charge is -2.07. The van der Waals surface area contributed by atoms with Crippen molar-refractivity contribution in [3.05, 3.63) is 41.3 Å². The smallest absolute Gasteiger partial charge is 0.348 e. The van der Waals surface area contributed by atoms with Crippen LogP contribution in [0.1, 0.15) is 107 Å². The summed E-state index contributed by atoms with van der Waals surface area (Å²) in [6.07, 6.45) is 16.2. The molecule has 0 radical (unpaired) electrons. The van der Waals surface area contributed by atoms with Gasteiger partial charge in [-0.1, -0.05) is 84.5 Å². The molecule has 0 aliphatic heterocycles. The van der Waals surface area contributed by atoms with Crippen molar-refractivity contribution in [1.29, 1.82) is 0 Å². The molecule has 0 N–H and O–H groups in total. The molecule has 0 saturated carbocycles. The van der Waals surface area contributed by atoms with Crippen LogP contribution in [-0.4, -0.2) is 19.2 Å². The predicted molar refractivity (Wildman–Crippen MR) is 152 cm³/mol. The number of rotatable bonds is 18. The van der Waals surface area contributed by atoms with Crippen LogP contribution in [0.3, 0.4) is 0 Å². The van der Waals surface area contributed by atoms with Gasteiger partial charge in [0, 0.05) is 14.3 Å². The summed E-state index contributed by atoms with van der Waals surface area (Å²) >= 11 is 3.26. The summed E-state index contributed by atoms with van der Waals surface area (Å²) in [5.41, 5.74) is 1.19. The van der Waals surface area contributed by atoms with Crippen LogP contribution in [0.5, 0.6) is 5.75 Å². The summed E-state index contributed by atoms with van der Waals surface area (Å²) in [5.74, 6) is 0.754. The summed E-state index contributed by atoms with van der Waals surface area (Å²) in [5, 5.41) is 0. The first-order valence-electron chi connectivity index (χ1n) is 13.6. The Hall–Kier alpha value is -1.85. The van der Waals surface area contributed by atoms with Gasteiger partial charge in [-0.25, -0.2) is 4.79 Å². The Balaban J connectivity index is 1.40. The Morgan fingerprint density at radius 2 is 1.26 bits per heavy atom. The van der Waals surface area contributed by atoms with Gasteiger partial charge in [0.2, 0.25) is 0 Å². The van der Waals surface area contributed by atoms with Gasteiger partial charge in [-0.15, -0.1) is 22.7 Å². The highest BCUT2D eigenvalue weighted by molar-refractivity contribution is 7.30. The maximum Gasteiger partial charge on any atom is 0.348 e. The lowest BCUT2D eigenvalue weighted by molar-refractivity contribution is 0.0503. The molecule has 3 nitrogen and oxygen atoms in total. The fourth-order valence-electron chi connectivity index (χ4n) is 4.16. The number of esters is 1. The van der Waals surface area contributed by atoms with Gasteiger partial charge in [0.1, 0.15) is 10.6 Å². The van der Waals surface area contributed by atoms with Crippen LogP contribution in [0.2, 0.25) is 0 Å². The van der Waals surface area contributed by atoms with E-state index in [0.717, 1.165) is 41.0 Å². The number of thiophene rings is 2. The molecule has 0 spiro atoms. The molecule has 1 aromatic carbocycles. The molecule has 5 heteroatoms. The van der Waals surface area contributed by atoms with E-state index in [4.69, 9.17) is 9.47 Å². The van der Waals surface area contributed by atoms with E-state index in [1.54, 1.807) is 11.3 Å². The molecule has 3 rings (SSSR count). The fourth-order valence-corrected chi connectivity index (χ4v) is 6.46. The maximum atomic E-state index is 12.4. The molecule has 192 valence electrons. The van der Waals surface area contributed by atoms with Crippen molar-refractivity contribution >= 4 is 38.0 Å². The van der Waals surface area contributed by atoms with E-state index in [1.165, 1.54) is 86.0 Å². The van der Waals surface area contributed by atoms with Gasteiger partial charge in [-0.3, -0.25) is 0 Å². The quantitative estimate of drug-likeness (QED) is 0.125. The van der Waals surface area contributed by atoms with Crippen molar-refractivity contribution < 1.29 is 14.3 Å². The fraction of sp³-hybridized carbons (Fsp3) is 0.567. The molecule has 0 fully saturated rings. The third-order valence-electron chi connectivity index (χ3n) is 6.29. The monoisotopic (exact) mass is 514 g/mol. The number of carbonyl (C=O) groups excluding carboxylic acids is 1. The summed E-state index contributed by atoms with van der Waals surface area (Å²) in [7, 11) is 0. The largest absolute Gasteiger partial charge is 0.494 e. The molecule has 35 heavy (non-hydrogen) atoms. The predicted octanol–water partition coefficient (Wildman–Crippen LogP) is 10.3. The average molecular weight is 515 g/mol. The molecule has 0 atom stereocenters. The van der Waals surface area contributed by atoms with Gasteiger partial charge in [0.15, 0.2) is 0 Å². The topological polar surface area (TPSA) is 35.5 Å². The van der Waals surface area contributed by atoms with E-state index in [1.807, 2.05) is 6.07 Å². The average Bonchev–Trinajstić information content (AvgIpc) is 3.45. The van der Waals surface area contributed by atoms with Crippen LogP contribution in [0, 0.1) is 0 Å². The molecule has 0 saturated heterocycles. The van der Waals surface area contributed by atoms with Gasteiger partial charge in [-0.05, 0) is 54.8 Å². The lowest BCUT2D eigenvalue weighted by Crippen LogP contribution is -2.04.